The number of ether oxygens (including phenoxy) is 1. The molecule has 3 heteroatoms. The quantitative estimate of drug-likeness (QED) is 0.750. The molecular weight excluding hydrogens is 224 g/mol. The zero-order valence-corrected chi connectivity index (χ0v) is 10.9. The minimum atomic E-state index is 0.294. The minimum Gasteiger partial charge on any atom is -0.380 e. The molecule has 96 valence electrons. The van der Waals surface area contributed by atoms with E-state index < -0.39 is 0 Å². The second-order valence-electron chi connectivity index (χ2n) is 4.93. The first kappa shape index (κ1) is 13.1. The Balaban J connectivity index is 1.66. The van der Waals surface area contributed by atoms with Crippen molar-refractivity contribution in [3.05, 3.63) is 35.4 Å². The standard InChI is InChI=1S/C15H20N2O/c1-12(15-6-4-13(10-16)5-7-15)17-8-9-18-11-14-2-3-14/h4-7,12,14,17H,2-3,8-9,11H2,1H3. The zero-order valence-electron chi connectivity index (χ0n) is 10.9. The van der Waals surface area contributed by atoms with Crippen molar-refractivity contribution in [1.29, 1.82) is 5.26 Å². The lowest BCUT2D eigenvalue weighted by Gasteiger charge is -2.14. The summed E-state index contributed by atoms with van der Waals surface area (Å²) in [6.07, 6.45) is 2.68. The number of nitriles is 1. The minimum absolute atomic E-state index is 0.294. The van der Waals surface area contributed by atoms with E-state index in [2.05, 4.69) is 18.3 Å². The Labute approximate surface area is 109 Å². The van der Waals surface area contributed by atoms with Crippen molar-refractivity contribution >= 4 is 0 Å². The lowest BCUT2D eigenvalue weighted by molar-refractivity contribution is 0.124. The third kappa shape index (κ3) is 4.14. The molecule has 2 rings (SSSR count). The molecule has 0 saturated heterocycles. The van der Waals surface area contributed by atoms with Crippen LogP contribution in [0.4, 0.5) is 0 Å². The van der Waals surface area contributed by atoms with Gasteiger partial charge in [0.2, 0.25) is 0 Å². The van der Waals surface area contributed by atoms with Gasteiger partial charge >= 0.3 is 0 Å². The molecular formula is C15H20N2O. The van der Waals surface area contributed by atoms with E-state index in [1.807, 2.05) is 24.3 Å². The van der Waals surface area contributed by atoms with Gasteiger partial charge in [-0.3, -0.25) is 0 Å². The van der Waals surface area contributed by atoms with Crippen LogP contribution >= 0.6 is 0 Å². The molecule has 0 bridgehead atoms. The fourth-order valence-corrected chi connectivity index (χ4v) is 1.85. The molecule has 1 N–H and O–H groups in total. The van der Waals surface area contributed by atoms with Gasteiger partial charge in [-0.25, -0.2) is 0 Å². The van der Waals surface area contributed by atoms with Gasteiger partial charge in [-0.05, 0) is 43.4 Å². The Morgan fingerprint density at radius 1 is 1.39 bits per heavy atom. The van der Waals surface area contributed by atoms with Crippen LogP contribution in [0.25, 0.3) is 0 Å². The van der Waals surface area contributed by atoms with Crippen LogP contribution in [0.15, 0.2) is 24.3 Å². The first-order valence-electron chi connectivity index (χ1n) is 6.61. The molecule has 1 unspecified atom stereocenters. The van der Waals surface area contributed by atoms with Gasteiger partial charge in [0.15, 0.2) is 0 Å². The topological polar surface area (TPSA) is 45.0 Å². The Kier molecular flexibility index (Phi) is 4.74. The van der Waals surface area contributed by atoms with Crippen LogP contribution in [0.1, 0.15) is 36.9 Å². The molecule has 1 fully saturated rings. The highest BCUT2D eigenvalue weighted by Gasteiger charge is 2.20. The molecule has 0 aromatic heterocycles. The third-order valence-electron chi connectivity index (χ3n) is 3.29. The number of hydrogen-bond acceptors (Lipinski definition) is 3. The SMILES string of the molecule is CC(NCCOCC1CC1)c1ccc(C#N)cc1. The molecule has 0 radical (unpaired) electrons. The zero-order chi connectivity index (χ0) is 12.8. The Hall–Kier alpha value is -1.37. The lowest BCUT2D eigenvalue weighted by atomic mass is 10.1. The summed E-state index contributed by atoms with van der Waals surface area (Å²) in [6, 6.07) is 10.1. The summed E-state index contributed by atoms with van der Waals surface area (Å²) in [5, 5.41) is 12.2. The van der Waals surface area contributed by atoms with E-state index in [1.54, 1.807) is 0 Å². The van der Waals surface area contributed by atoms with E-state index in [1.165, 1.54) is 18.4 Å². The number of hydrogen-bond donors (Lipinski definition) is 1. The van der Waals surface area contributed by atoms with Gasteiger partial charge in [0.05, 0.1) is 18.2 Å². The van der Waals surface area contributed by atoms with E-state index in [0.29, 0.717) is 11.6 Å². The molecule has 3 nitrogen and oxygen atoms in total. The van der Waals surface area contributed by atoms with Gasteiger partial charge in [0.1, 0.15) is 0 Å². The summed E-state index contributed by atoms with van der Waals surface area (Å²) >= 11 is 0. The molecule has 0 heterocycles. The van der Waals surface area contributed by atoms with Crippen LogP contribution < -0.4 is 5.32 Å². The molecule has 1 aliphatic carbocycles. The van der Waals surface area contributed by atoms with Crippen LogP contribution in [-0.4, -0.2) is 19.8 Å². The monoisotopic (exact) mass is 244 g/mol. The normalized spacial score (nSPS) is 16.2. The van der Waals surface area contributed by atoms with E-state index in [-0.39, 0.29) is 0 Å². The van der Waals surface area contributed by atoms with Gasteiger partial charge in [-0.2, -0.15) is 5.26 Å². The Bertz CT molecular complexity index is 403. The molecule has 1 aromatic rings. The summed E-state index contributed by atoms with van der Waals surface area (Å²) in [6.45, 7) is 4.69. The predicted octanol–water partition coefficient (Wildman–Crippen LogP) is 2.64. The van der Waals surface area contributed by atoms with Gasteiger partial charge in [-0.1, -0.05) is 12.1 Å². The van der Waals surface area contributed by atoms with Crippen LogP contribution in [0.3, 0.4) is 0 Å². The lowest BCUT2D eigenvalue weighted by Crippen LogP contribution is -2.23. The summed E-state index contributed by atoms with van der Waals surface area (Å²) in [4.78, 5) is 0. The van der Waals surface area contributed by atoms with Crippen LogP contribution in [0, 0.1) is 17.2 Å². The van der Waals surface area contributed by atoms with Crippen molar-refractivity contribution in [2.24, 2.45) is 5.92 Å². The fourth-order valence-electron chi connectivity index (χ4n) is 1.85. The van der Waals surface area contributed by atoms with Gasteiger partial charge in [-0.15, -0.1) is 0 Å². The maximum atomic E-state index is 8.74. The molecule has 0 amide bonds. The van der Waals surface area contributed by atoms with Crippen molar-refractivity contribution in [2.75, 3.05) is 19.8 Å². The smallest absolute Gasteiger partial charge is 0.0991 e. The van der Waals surface area contributed by atoms with E-state index >= 15 is 0 Å². The van der Waals surface area contributed by atoms with Crippen molar-refractivity contribution < 1.29 is 4.74 Å². The average Bonchev–Trinajstić information content (AvgIpc) is 3.22. The molecule has 1 aromatic carbocycles. The fraction of sp³-hybridized carbons (Fsp3) is 0.533. The maximum Gasteiger partial charge on any atom is 0.0991 e. The Morgan fingerprint density at radius 3 is 2.72 bits per heavy atom. The number of nitrogens with one attached hydrogen (secondary N) is 1. The summed E-state index contributed by atoms with van der Waals surface area (Å²) in [7, 11) is 0. The van der Waals surface area contributed by atoms with Crippen molar-refractivity contribution in [1.82, 2.24) is 5.32 Å². The summed E-state index contributed by atoms with van der Waals surface area (Å²) in [5.41, 5.74) is 1.91. The average molecular weight is 244 g/mol. The van der Waals surface area contributed by atoms with Crippen LogP contribution in [0.2, 0.25) is 0 Å². The molecule has 0 spiro atoms. The number of benzene rings is 1. The van der Waals surface area contributed by atoms with Gasteiger partial charge in [0, 0.05) is 19.2 Å². The highest BCUT2D eigenvalue weighted by molar-refractivity contribution is 5.32. The second-order valence-corrected chi connectivity index (χ2v) is 4.93. The molecule has 1 aliphatic rings. The van der Waals surface area contributed by atoms with Crippen LogP contribution in [0.5, 0.6) is 0 Å². The Morgan fingerprint density at radius 2 is 2.11 bits per heavy atom. The maximum absolute atomic E-state index is 8.74. The van der Waals surface area contributed by atoms with Crippen molar-refractivity contribution in [2.45, 2.75) is 25.8 Å². The molecule has 1 saturated carbocycles. The molecule has 1 atom stereocenters. The molecule has 0 aliphatic heterocycles. The van der Waals surface area contributed by atoms with Crippen molar-refractivity contribution in [3.8, 4) is 6.07 Å². The van der Waals surface area contributed by atoms with E-state index in [4.69, 9.17) is 10.00 Å². The van der Waals surface area contributed by atoms with E-state index in [9.17, 15) is 0 Å². The van der Waals surface area contributed by atoms with Gasteiger partial charge < -0.3 is 10.1 Å². The van der Waals surface area contributed by atoms with Crippen LogP contribution in [-0.2, 0) is 4.74 Å². The second kappa shape index (κ2) is 6.53. The first-order chi connectivity index (χ1) is 8.79. The highest BCUT2D eigenvalue weighted by atomic mass is 16.5. The highest BCUT2D eigenvalue weighted by Crippen LogP contribution is 2.28. The van der Waals surface area contributed by atoms with Gasteiger partial charge in [0.25, 0.3) is 0 Å². The summed E-state index contributed by atoms with van der Waals surface area (Å²) in [5.74, 6) is 0.834. The number of nitrogens with zero attached hydrogens (tertiary/aromatic N) is 1. The predicted molar refractivity (Wildman–Crippen MR) is 71.1 cm³/mol. The third-order valence-corrected chi connectivity index (χ3v) is 3.29. The number of rotatable bonds is 7. The largest absolute Gasteiger partial charge is 0.380 e. The molecule has 18 heavy (non-hydrogen) atoms. The first-order valence-corrected chi connectivity index (χ1v) is 6.61. The summed E-state index contributed by atoms with van der Waals surface area (Å²) < 4.78 is 5.57. The van der Waals surface area contributed by atoms with Crippen molar-refractivity contribution in [3.63, 3.8) is 0 Å². The van der Waals surface area contributed by atoms with E-state index in [0.717, 1.165) is 25.7 Å².